The summed E-state index contributed by atoms with van der Waals surface area (Å²) < 4.78 is 0. The average Bonchev–Trinajstić information content (AvgIpc) is 2.68. The second-order valence-electron chi connectivity index (χ2n) is 4.96. The van der Waals surface area contributed by atoms with E-state index < -0.39 is 0 Å². The Labute approximate surface area is 98.6 Å². The van der Waals surface area contributed by atoms with Crippen LogP contribution >= 0.6 is 0 Å². The number of rotatable bonds is 8. The number of aliphatic hydroxyl groups excluding tert-OH is 2. The summed E-state index contributed by atoms with van der Waals surface area (Å²) in [5.41, 5.74) is 0.360. The van der Waals surface area contributed by atoms with Crippen LogP contribution < -0.4 is 5.32 Å². The van der Waals surface area contributed by atoms with E-state index in [1.807, 2.05) is 7.05 Å². The monoisotopic (exact) mass is 230 g/mol. The molecule has 0 atom stereocenters. The van der Waals surface area contributed by atoms with E-state index in [0.29, 0.717) is 18.5 Å². The van der Waals surface area contributed by atoms with E-state index in [1.165, 1.54) is 25.7 Å². The lowest BCUT2D eigenvalue weighted by atomic mass is 9.85. The summed E-state index contributed by atoms with van der Waals surface area (Å²) in [6.45, 7) is 3.73. The topological polar surface area (TPSA) is 55.7 Å². The van der Waals surface area contributed by atoms with Gasteiger partial charge < -0.3 is 15.5 Å². The minimum atomic E-state index is 0.176. The Hall–Kier alpha value is -0.160. The van der Waals surface area contributed by atoms with Gasteiger partial charge in [0.05, 0.1) is 13.2 Å². The van der Waals surface area contributed by atoms with Crippen molar-refractivity contribution < 1.29 is 10.2 Å². The van der Waals surface area contributed by atoms with Crippen LogP contribution in [-0.4, -0.2) is 61.6 Å². The predicted octanol–water partition coefficient (Wildman–Crippen LogP) is 0.0528. The standard InChI is InChI=1S/C12H26N2O2/c1-13-10-12(4-2-3-5-12)11-14(6-8-15)7-9-16/h13,15-16H,2-11H2,1H3. The molecule has 1 saturated carbocycles. The molecule has 0 radical (unpaired) electrons. The molecule has 0 aliphatic heterocycles. The van der Waals surface area contributed by atoms with Crippen molar-refractivity contribution in [2.45, 2.75) is 25.7 Å². The van der Waals surface area contributed by atoms with Gasteiger partial charge in [-0.2, -0.15) is 0 Å². The highest BCUT2D eigenvalue weighted by molar-refractivity contribution is 4.89. The highest BCUT2D eigenvalue weighted by Crippen LogP contribution is 2.38. The summed E-state index contributed by atoms with van der Waals surface area (Å²) in [5, 5.41) is 21.3. The third-order valence-electron chi connectivity index (χ3n) is 3.61. The first-order chi connectivity index (χ1) is 7.76. The van der Waals surface area contributed by atoms with Crippen LogP contribution in [0.15, 0.2) is 0 Å². The van der Waals surface area contributed by atoms with Gasteiger partial charge in [-0.05, 0) is 25.3 Å². The van der Waals surface area contributed by atoms with E-state index in [1.54, 1.807) is 0 Å². The SMILES string of the molecule is CNCC1(CN(CCO)CCO)CCCC1. The van der Waals surface area contributed by atoms with E-state index in [-0.39, 0.29) is 13.2 Å². The maximum Gasteiger partial charge on any atom is 0.0558 e. The molecule has 0 unspecified atom stereocenters. The first-order valence-electron chi connectivity index (χ1n) is 6.35. The second kappa shape index (κ2) is 7.22. The Morgan fingerprint density at radius 1 is 1.12 bits per heavy atom. The van der Waals surface area contributed by atoms with Gasteiger partial charge in [0.1, 0.15) is 0 Å². The Bertz CT molecular complexity index is 176. The summed E-state index contributed by atoms with van der Waals surface area (Å²) in [7, 11) is 2.00. The van der Waals surface area contributed by atoms with Crippen LogP contribution in [0.1, 0.15) is 25.7 Å². The largest absolute Gasteiger partial charge is 0.395 e. The van der Waals surface area contributed by atoms with Crippen LogP contribution in [-0.2, 0) is 0 Å². The van der Waals surface area contributed by atoms with Crippen LogP contribution in [0.2, 0.25) is 0 Å². The van der Waals surface area contributed by atoms with E-state index in [2.05, 4.69) is 10.2 Å². The predicted molar refractivity (Wildman–Crippen MR) is 65.4 cm³/mol. The van der Waals surface area contributed by atoms with Crippen LogP contribution in [0, 0.1) is 5.41 Å². The molecule has 0 saturated heterocycles. The fourth-order valence-electron chi connectivity index (χ4n) is 2.92. The number of hydrogen-bond acceptors (Lipinski definition) is 4. The Morgan fingerprint density at radius 3 is 2.12 bits per heavy atom. The molecule has 3 N–H and O–H groups in total. The molecule has 0 spiro atoms. The molecule has 96 valence electrons. The van der Waals surface area contributed by atoms with Crippen molar-refractivity contribution in [1.82, 2.24) is 10.2 Å². The summed E-state index contributed by atoms with van der Waals surface area (Å²) in [5.74, 6) is 0. The zero-order chi connectivity index (χ0) is 11.9. The summed E-state index contributed by atoms with van der Waals surface area (Å²) in [6, 6.07) is 0. The third-order valence-corrected chi connectivity index (χ3v) is 3.61. The van der Waals surface area contributed by atoms with Gasteiger partial charge in [0, 0.05) is 26.2 Å². The van der Waals surface area contributed by atoms with Gasteiger partial charge in [-0.3, -0.25) is 4.90 Å². The number of nitrogens with one attached hydrogen (secondary N) is 1. The fourth-order valence-corrected chi connectivity index (χ4v) is 2.92. The summed E-state index contributed by atoms with van der Waals surface area (Å²) in [4.78, 5) is 2.18. The first-order valence-corrected chi connectivity index (χ1v) is 6.35. The van der Waals surface area contributed by atoms with Crippen molar-refractivity contribution >= 4 is 0 Å². The molecule has 16 heavy (non-hydrogen) atoms. The van der Waals surface area contributed by atoms with E-state index >= 15 is 0 Å². The highest BCUT2D eigenvalue weighted by Gasteiger charge is 2.34. The fraction of sp³-hybridized carbons (Fsp3) is 1.00. The molecule has 0 aromatic rings. The highest BCUT2D eigenvalue weighted by atomic mass is 16.3. The molecule has 0 bridgehead atoms. The van der Waals surface area contributed by atoms with E-state index in [9.17, 15) is 0 Å². The summed E-state index contributed by atoms with van der Waals surface area (Å²) >= 11 is 0. The Morgan fingerprint density at radius 2 is 1.69 bits per heavy atom. The normalized spacial score (nSPS) is 19.5. The van der Waals surface area contributed by atoms with Crippen LogP contribution in [0.5, 0.6) is 0 Å². The molecule has 1 aliphatic carbocycles. The van der Waals surface area contributed by atoms with E-state index in [4.69, 9.17) is 10.2 Å². The lowest BCUT2D eigenvalue weighted by Crippen LogP contribution is -2.43. The van der Waals surface area contributed by atoms with Crippen molar-refractivity contribution in [2.75, 3.05) is 46.4 Å². The van der Waals surface area contributed by atoms with Crippen LogP contribution in [0.4, 0.5) is 0 Å². The molecule has 1 rings (SSSR count). The molecular formula is C12H26N2O2. The third kappa shape index (κ3) is 4.01. The molecule has 4 nitrogen and oxygen atoms in total. The molecule has 0 aromatic heterocycles. The maximum atomic E-state index is 9.01. The molecular weight excluding hydrogens is 204 g/mol. The van der Waals surface area contributed by atoms with Gasteiger partial charge in [0.2, 0.25) is 0 Å². The molecule has 1 aliphatic rings. The summed E-state index contributed by atoms with van der Waals surface area (Å²) in [6.07, 6.45) is 5.16. The van der Waals surface area contributed by atoms with Crippen molar-refractivity contribution in [3.8, 4) is 0 Å². The second-order valence-corrected chi connectivity index (χ2v) is 4.96. The van der Waals surface area contributed by atoms with Crippen molar-refractivity contribution in [3.63, 3.8) is 0 Å². The van der Waals surface area contributed by atoms with Gasteiger partial charge in [0.25, 0.3) is 0 Å². The van der Waals surface area contributed by atoms with E-state index in [0.717, 1.165) is 13.1 Å². The smallest absolute Gasteiger partial charge is 0.0558 e. The number of nitrogens with zero attached hydrogens (tertiary/aromatic N) is 1. The Kier molecular flexibility index (Phi) is 6.28. The molecule has 0 amide bonds. The minimum Gasteiger partial charge on any atom is -0.395 e. The lowest BCUT2D eigenvalue weighted by Gasteiger charge is -2.35. The minimum absolute atomic E-state index is 0.176. The van der Waals surface area contributed by atoms with Gasteiger partial charge in [0.15, 0.2) is 0 Å². The molecule has 4 heteroatoms. The first kappa shape index (κ1) is 13.9. The number of aliphatic hydroxyl groups is 2. The Balaban J connectivity index is 2.50. The molecule has 0 heterocycles. The quantitative estimate of drug-likeness (QED) is 0.552. The van der Waals surface area contributed by atoms with Crippen molar-refractivity contribution in [1.29, 1.82) is 0 Å². The average molecular weight is 230 g/mol. The number of hydrogen-bond donors (Lipinski definition) is 3. The lowest BCUT2D eigenvalue weighted by molar-refractivity contribution is 0.106. The van der Waals surface area contributed by atoms with Gasteiger partial charge in [-0.25, -0.2) is 0 Å². The van der Waals surface area contributed by atoms with Crippen molar-refractivity contribution in [3.05, 3.63) is 0 Å². The maximum absolute atomic E-state index is 9.01. The van der Waals surface area contributed by atoms with Gasteiger partial charge in [-0.1, -0.05) is 12.8 Å². The van der Waals surface area contributed by atoms with Gasteiger partial charge >= 0.3 is 0 Å². The van der Waals surface area contributed by atoms with Crippen molar-refractivity contribution in [2.24, 2.45) is 5.41 Å². The zero-order valence-electron chi connectivity index (χ0n) is 10.4. The van der Waals surface area contributed by atoms with Crippen LogP contribution in [0.3, 0.4) is 0 Å². The zero-order valence-corrected chi connectivity index (χ0v) is 10.4. The molecule has 0 aromatic carbocycles. The van der Waals surface area contributed by atoms with Crippen LogP contribution in [0.25, 0.3) is 0 Å². The molecule has 1 fully saturated rings. The van der Waals surface area contributed by atoms with Gasteiger partial charge in [-0.15, -0.1) is 0 Å².